The summed E-state index contributed by atoms with van der Waals surface area (Å²) in [5.41, 5.74) is 0. The van der Waals surface area contributed by atoms with Crippen molar-refractivity contribution in [2.75, 3.05) is 13.2 Å². The normalized spacial score (nSPS) is 12.8. The molecule has 0 aromatic heterocycles. The molecule has 0 heterocycles. The van der Waals surface area contributed by atoms with E-state index in [1.165, 1.54) is 161 Å². The van der Waals surface area contributed by atoms with E-state index in [-0.39, 0.29) is 31.6 Å². The van der Waals surface area contributed by atoms with Gasteiger partial charge in [0.1, 0.15) is 13.2 Å². The molecule has 0 unspecified atom stereocenters. The predicted molar refractivity (Wildman–Crippen MR) is 325 cm³/mol. The van der Waals surface area contributed by atoms with Crippen molar-refractivity contribution in [1.82, 2.24) is 0 Å². The van der Waals surface area contributed by atoms with E-state index in [0.717, 1.165) is 83.5 Å². The lowest BCUT2D eigenvalue weighted by Crippen LogP contribution is -2.30. The van der Waals surface area contributed by atoms with Crippen LogP contribution in [0.25, 0.3) is 0 Å². The number of hydrogen-bond donors (Lipinski definition) is 0. The van der Waals surface area contributed by atoms with Crippen LogP contribution < -0.4 is 0 Å². The van der Waals surface area contributed by atoms with E-state index in [2.05, 4.69) is 124 Å². The average molecular weight is 1040 g/mol. The molecule has 0 spiro atoms. The highest BCUT2D eigenvalue weighted by molar-refractivity contribution is 5.71. The molecule has 0 aliphatic carbocycles. The van der Waals surface area contributed by atoms with Crippen LogP contribution in [0.3, 0.4) is 0 Å². The number of ether oxygens (including phenoxy) is 3. The van der Waals surface area contributed by atoms with Crippen molar-refractivity contribution in [2.24, 2.45) is 0 Å². The maximum Gasteiger partial charge on any atom is 0.306 e. The summed E-state index contributed by atoms with van der Waals surface area (Å²) in [4.78, 5) is 38.3. The molecular weight excluding hydrogens is 925 g/mol. The second-order valence-electron chi connectivity index (χ2n) is 20.6. The van der Waals surface area contributed by atoms with E-state index in [1.807, 2.05) is 6.08 Å². The van der Waals surface area contributed by atoms with Gasteiger partial charge in [0.05, 0.1) is 0 Å². The molecule has 0 N–H and O–H groups in total. The standard InChI is InChI=1S/C69H116O6/c1-4-7-10-13-16-19-22-25-28-31-34-37-40-43-46-49-52-55-58-61-67(70)73-64-66(75-69(72)63-60-57-54-51-48-45-42-39-36-33-30-27-24-21-18-15-12-9-6-3)65-74-68(71)62-59-56-53-50-47-44-41-38-35-32-29-26-23-20-17-14-11-8-5-2/h9,12,16,18-19,21,25-30,36,39,45,48,54,57,66H,4-8,10-11,13-15,17,20,22-24,31-35,37-38,40-44,46-47,49-53,55-56,58-65H2,1-3H3/b12-9-,19-16-,21-18-,28-25-,29-26-,30-27-,39-36-,48-45-,57-54-/t66-/m1/s1. The van der Waals surface area contributed by atoms with E-state index >= 15 is 0 Å². The highest BCUT2D eigenvalue weighted by atomic mass is 16.6. The van der Waals surface area contributed by atoms with Gasteiger partial charge in [-0.1, -0.05) is 265 Å². The summed E-state index contributed by atoms with van der Waals surface area (Å²) < 4.78 is 16.9. The predicted octanol–water partition coefficient (Wildman–Crippen LogP) is 21.4. The fraction of sp³-hybridized carbons (Fsp3) is 0.696. The molecule has 0 rings (SSSR count). The molecule has 0 saturated heterocycles. The van der Waals surface area contributed by atoms with Crippen molar-refractivity contribution in [3.63, 3.8) is 0 Å². The minimum absolute atomic E-state index is 0.111. The minimum Gasteiger partial charge on any atom is -0.462 e. The Morgan fingerprint density at radius 1 is 0.280 bits per heavy atom. The summed E-state index contributed by atoms with van der Waals surface area (Å²) in [6, 6.07) is 0. The Morgan fingerprint density at radius 2 is 0.547 bits per heavy atom. The smallest absolute Gasteiger partial charge is 0.306 e. The Balaban J connectivity index is 4.50. The van der Waals surface area contributed by atoms with Crippen LogP contribution in [-0.4, -0.2) is 37.2 Å². The van der Waals surface area contributed by atoms with E-state index in [1.54, 1.807) is 0 Å². The van der Waals surface area contributed by atoms with Crippen molar-refractivity contribution in [3.8, 4) is 0 Å². The number of unbranched alkanes of at least 4 members (excludes halogenated alkanes) is 27. The number of hydrogen-bond acceptors (Lipinski definition) is 6. The Labute approximate surface area is 463 Å². The minimum atomic E-state index is -0.824. The molecule has 0 aliphatic heterocycles. The molecule has 0 fully saturated rings. The van der Waals surface area contributed by atoms with Gasteiger partial charge in [0.25, 0.3) is 0 Å². The first-order valence-electron chi connectivity index (χ1n) is 31.4. The monoisotopic (exact) mass is 1040 g/mol. The zero-order valence-corrected chi connectivity index (χ0v) is 49.0. The van der Waals surface area contributed by atoms with E-state index in [0.29, 0.717) is 19.3 Å². The van der Waals surface area contributed by atoms with Crippen LogP contribution in [0, 0.1) is 0 Å². The van der Waals surface area contributed by atoms with Gasteiger partial charge in [0.15, 0.2) is 6.10 Å². The second kappa shape index (κ2) is 62.6. The van der Waals surface area contributed by atoms with Crippen molar-refractivity contribution in [2.45, 2.75) is 297 Å². The molecule has 75 heavy (non-hydrogen) atoms. The van der Waals surface area contributed by atoms with Gasteiger partial charge in [-0.15, -0.1) is 0 Å². The van der Waals surface area contributed by atoms with Gasteiger partial charge >= 0.3 is 17.9 Å². The number of esters is 3. The van der Waals surface area contributed by atoms with Gasteiger partial charge in [-0.25, -0.2) is 0 Å². The Kier molecular flexibility index (Phi) is 59.3. The van der Waals surface area contributed by atoms with Crippen LogP contribution in [0.1, 0.15) is 290 Å². The van der Waals surface area contributed by atoms with Crippen molar-refractivity contribution in [3.05, 3.63) is 109 Å². The SMILES string of the molecule is CC/C=C\C/C=C\C/C=C\C/C=C\C/C=C\C/C=C\CCC(=O)O[C@H](COC(=O)CCCCCCCCCCC/C=C\C/C=C\CCCCC)COC(=O)CCCCCCCCCCC/C=C\CCCCCCCC. The number of carbonyl (C=O) groups excluding carboxylic acids is 3. The second-order valence-corrected chi connectivity index (χ2v) is 20.6. The molecule has 0 radical (unpaired) electrons. The van der Waals surface area contributed by atoms with E-state index in [4.69, 9.17) is 14.2 Å². The summed E-state index contributed by atoms with van der Waals surface area (Å²) in [5.74, 6) is -0.996. The third-order valence-electron chi connectivity index (χ3n) is 13.2. The number of allylic oxidation sites excluding steroid dienone is 18. The van der Waals surface area contributed by atoms with Crippen molar-refractivity contribution >= 4 is 17.9 Å². The molecule has 6 nitrogen and oxygen atoms in total. The summed E-state index contributed by atoms with van der Waals surface area (Å²) in [6.07, 6.45) is 85.2. The molecule has 6 heteroatoms. The van der Waals surface area contributed by atoms with E-state index in [9.17, 15) is 14.4 Å². The maximum atomic E-state index is 12.9. The molecule has 0 aromatic rings. The Bertz CT molecular complexity index is 1520. The van der Waals surface area contributed by atoms with Gasteiger partial charge in [-0.05, 0) is 116 Å². The summed E-state index contributed by atoms with van der Waals surface area (Å²) in [7, 11) is 0. The lowest BCUT2D eigenvalue weighted by molar-refractivity contribution is -0.166. The van der Waals surface area contributed by atoms with Gasteiger partial charge in [0, 0.05) is 19.3 Å². The first kappa shape index (κ1) is 71.1. The molecule has 0 amide bonds. The van der Waals surface area contributed by atoms with Gasteiger partial charge in [-0.2, -0.15) is 0 Å². The lowest BCUT2D eigenvalue weighted by atomic mass is 10.1. The van der Waals surface area contributed by atoms with Gasteiger partial charge in [0.2, 0.25) is 0 Å². The van der Waals surface area contributed by atoms with Crippen LogP contribution in [0.5, 0.6) is 0 Å². The van der Waals surface area contributed by atoms with Crippen LogP contribution in [0.2, 0.25) is 0 Å². The summed E-state index contributed by atoms with van der Waals surface area (Å²) in [6.45, 7) is 6.45. The maximum absolute atomic E-state index is 12.9. The van der Waals surface area contributed by atoms with Crippen LogP contribution >= 0.6 is 0 Å². The van der Waals surface area contributed by atoms with E-state index < -0.39 is 12.1 Å². The molecule has 0 aliphatic rings. The number of carbonyl (C=O) groups is 3. The van der Waals surface area contributed by atoms with Gasteiger partial charge in [-0.3, -0.25) is 14.4 Å². The largest absolute Gasteiger partial charge is 0.462 e. The quantitative estimate of drug-likeness (QED) is 0.0261. The molecule has 428 valence electrons. The highest BCUT2D eigenvalue weighted by Crippen LogP contribution is 2.15. The lowest BCUT2D eigenvalue weighted by Gasteiger charge is -2.18. The van der Waals surface area contributed by atoms with Crippen LogP contribution in [0.15, 0.2) is 109 Å². The van der Waals surface area contributed by atoms with Crippen molar-refractivity contribution < 1.29 is 28.6 Å². The first-order valence-corrected chi connectivity index (χ1v) is 31.4. The fourth-order valence-corrected chi connectivity index (χ4v) is 8.55. The fourth-order valence-electron chi connectivity index (χ4n) is 8.55. The Morgan fingerprint density at radius 3 is 0.907 bits per heavy atom. The van der Waals surface area contributed by atoms with Gasteiger partial charge < -0.3 is 14.2 Å². The third kappa shape index (κ3) is 60.8. The molecular formula is C69H116O6. The molecule has 0 aromatic carbocycles. The third-order valence-corrected chi connectivity index (χ3v) is 13.2. The summed E-state index contributed by atoms with van der Waals surface area (Å²) >= 11 is 0. The first-order chi connectivity index (χ1) is 37.0. The average Bonchev–Trinajstić information content (AvgIpc) is 3.41. The summed E-state index contributed by atoms with van der Waals surface area (Å²) in [5, 5.41) is 0. The zero-order valence-electron chi connectivity index (χ0n) is 49.0. The van der Waals surface area contributed by atoms with Crippen molar-refractivity contribution in [1.29, 1.82) is 0 Å². The topological polar surface area (TPSA) is 78.9 Å². The number of rotatable bonds is 56. The molecule has 0 saturated carbocycles. The molecule has 0 bridgehead atoms. The van der Waals surface area contributed by atoms with Crippen LogP contribution in [-0.2, 0) is 28.6 Å². The zero-order chi connectivity index (χ0) is 54.3. The molecule has 1 atom stereocenters. The highest BCUT2D eigenvalue weighted by Gasteiger charge is 2.19. The Hall–Kier alpha value is -3.93. The van der Waals surface area contributed by atoms with Crippen LogP contribution in [0.4, 0.5) is 0 Å².